The summed E-state index contributed by atoms with van der Waals surface area (Å²) >= 11 is 12.6. The maximum atomic E-state index is 12.3. The number of primary amides is 1. The Kier molecular flexibility index (Phi) is 6.83. The van der Waals surface area contributed by atoms with Gasteiger partial charge in [-0.3, -0.25) is 9.78 Å². The first-order chi connectivity index (χ1) is 15.7. The van der Waals surface area contributed by atoms with E-state index < -0.39 is 5.91 Å². The van der Waals surface area contributed by atoms with Crippen molar-refractivity contribution in [3.05, 3.63) is 52.1 Å². The number of rotatable bonds is 6. The number of carbonyl (C=O) groups excluding carboxylic acids is 1. The number of carbonyl (C=O) groups is 1. The van der Waals surface area contributed by atoms with Gasteiger partial charge in [-0.15, -0.1) is 0 Å². The summed E-state index contributed by atoms with van der Waals surface area (Å²) in [6, 6.07) is 9.21. The SMILES string of the molecule is CC(C)Oc1cc2ncc(C(N)=O)c(Nc3cccc(Cl)c3Cl)c2cc1N1CCN(C)CC1. The molecule has 1 amide bonds. The third-order valence-corrected chi connectivity index (χ3v) is 6.45. The molecule has 1 aromatic heterocycles. The molecule has 33 heavy (non-hydrogen) atoms. The van der Waals surface area contributed by atoms with Gasteiger partial charge < -0.3 is 25.6 Å². The largest absolute Gasteiger partial charge is 0.489 e. The molecule has 0 radical (unpaired) electrons. The highest BCUT2D eigenvalue weighted by Crippen LogP contribution is 2.40. The van der Waals surface area contributed by atoms with Gasteiger partial charge in [-0.05, 0) is 39.1 Å². The molecule has 2 aromatic carbocycles. The Morgan fingerprint density at radius 2 is 1.91 bits per heavy atom. The van der Waals surface area contributed by atoms with Gasteiger partial charge in [0.1, 0.15) is 5.75 Å². The number of benzene rings is 2. The van der Waals surface area contributed by atoms with Crippen LogP contribution in [0, 0.1) is 0 Å². The average Bonchev–Trinajstić information content (AvgIpc) is 2.76. The number of hydrogen-bond acceptors (Lipinski definition) is 6. The van der Waals surface area contributed by atoms with Crippen LogP contribution in [0.2, 0.25) is 10.0 Å². The number of hydrogen-bond donors (Lipinski definition) is 2. The number of nitrogens with zero attached hydrogens (tertiary/aromatic N) is 3. The molecular formula is C24H27Cl2N5O2. The zero-order valence-corrected chi connectivity index (χ0v) is 20.4. The summed E-state index contributed by atoms with van der Waals surface area (Å²) in [5, 5.41) is 4.79. The van der Waals surface area contributed by atoms with Gasteiger partial charge in [0.15, 0.2) is 0 Å². The van der Waals surface area contributed by atoms with Crippen LogP contribution in [0.15, 0.2) is 36.5 Å². The first-order valence-electron chi connectivity index (χ1n) is 10.8. The monoisotopic (exact) mass is 487 g/mol. The van der Waals surface area contributed by atoms with Crippen molar-refractivity contribution in [2.24, 2.45) is 5.73 Å². The van der Waals surface area contributed by atoms with Crippen molar-refractivity contribution in [1.29, 1.82) is 0 Å². The van der Waals surface area contributed by atoms with E-state index >= 15 is 0 Å². The lowest BCUT2D eigenvalue weighted by atomic mass is 10.1. The number of aromatic nitrogens is 1. The van der Waals surface area contributed by atoms with E-state index in [9.17, 15) is 4.79 Å². The summed E-state index contributed by atoms with van der Waals surface area (Å²) < 4.78 is 6.16. The Labute approximate surface area is 203 Å². The van der Waals surface area contributed by atoms with Crippen LogP contribution in [-0.2, 0) is 0 Å². The second-order valence-electron chi connectivity index (χ2n) is 8.43. The van der Waals surface area contributed by atoms with E-state index in [2.05, 4.69) is 27.1 Å². The molecule has 0 bridgehead atoms. The van der Waals surface area contributed by atoms with Gasteiger partial charge in [0.05, 0.1) is 44.3 Å². The van der Waals surface area contributed by atoms with Crippen LogP contribution in [0.3, 0.4) is 0 Å². The fourth-order valence-corrected chi connectivity index (χ4v) is 4.26. The van der Waals surface area contributed by atoms with Crippen LogP contribution in [0.5, 0.6) is 5.75 Å². The summed E-state index contributed by atoms with van der Waals surface area (Å²) in [5.74, 6) is 0.168. The molecule has 1 aliphatic heterocycles. The van der Waals surface area contributed by atoms with Crippen LogP contribution in [0.1, 0.15) is 24.2 Å². The van der Waals surface area contributed by atoms with Gasteiger partial charge in [-0.1, -0.05) is 29.3 Å². The van der Waals surface area contributed by atoms with Gasteiger partial charge >= 0.3 is 0 Å². The molecule has 0 spiro atoms. The van der Waals surface area contributed by atoms with E-state index in [1.54, 1.807) is 18.2 Å². The number of piperazine rings is 1. The molecule has 3 N–H and O–H groups in total. The second-order valence-corrected chi connectivity index (χ2v) is 9.22. The molecule has 1 saturated heterocycles. The van der Waals surface area contributed by atoms with Crippen molar-refractivity contribution in [1.82, 2.24) is 9.88 Å². The van der Waals surface area contributed by atoms with Crippen molar-refractivity contribution in [3.8, 4) is 5.75 Å². The minimum absolute atomic E-state index is 0.00131. The van der Waals surface area contributed by atoms with Gasteiger partial charge in [0.2, 0.25) is 0 Å². The van der Waals surface area contributed by atoms with Crippen LogP contribution in [0.25, 0.3) is 10.9 Å². The van der Waals surface area contributed by atoms with Crippen LogP contribution < -0.4 is 20.7 Å². The molecule has 3 aromatic rings. The summed E-state index contributed by atoms with van der Waals surface area (Å²) in [6.45, 7) is 7.61. The number of halogens is 2. The second kappa shape index (κ2) is 9.63. The third-order valence-electron chi connectivity index (χ3n) is 5.63. The smallest absolute Gasteiger partial charge is 0.252 e. The van der Waals surface area contributed by atoms with E-state index in [4.69, 9.17) is 33.7 Å². The summed E-state index contributed by atoms with van der Waals surface area (Å²) in [6.07, 6.45) is 1.47. The molecule has 4 rings (SSSR count). The topological polar surface area (TPSA) is 83.7 Å². The zero-order chi connectivity index (χ0) is 23.7. The molecule has 174 valence electrons. The van der Waals surface area contributed by atoms with E-state index in [1.807, 2.05) is 26.0 Å². The zero-order valence-electron chi connectivity index (χ0n) is 18.9. The van der Waals surface area contributed by atoms with E-state index in [0.29, 0.717) is 26.9 Å². The third kappa shape index (κ3) is 4.95. The quantitative estimate of drug-likeness (QED) is 0.513. The molecule has 1 aliphatic rings. The van der Waals surface area contributed by atoms with Gasteiger partial charge in [-0.25, -0.2) is 0 Å². The fraction of sp³-hybridized carbons (Fsp3) is 0.333. The Morgan fingerprint density at radius 3 is 2.58 bits per heavy atom. The van der Waals surface area contributed by atoms with Crippen molar-refractivity contribution in [2.75, 3.05) is 43.4 Å². The summed E-state index contributed by atoms with van der Waals surface area (Å²) in [7, 11) is 2.11. The fourth-order valence-electron chi connectivity index (χ4n) is 3.91. The Hall–Kier alpha value is -2.74. The molecule has 2 heterocycles. The maximum Gasteiger partial charge on any atom is 0.252 e. The highest BCUT2D eigenvalue weighted by atomic mass is 35.5. The molecule has 0 aliphatic carbocycles. The van der Waals surface area contributed by atoms with Crippen molar-refractivity contribution < 1.29 is 9.53 Å². The van der Waals surface area contributed by atoms with E-state index in [1.165, 1.54) is 6.20 Å². The van der Waals surface area contributed by atoms with Crippen LogP contribution >= 0.6 is 23.2 Å². The molecule has 0 atom stereocenters. The number of fused-ring (bicyclic) bond motifs is 1. The van der Waals surface area contributed by atoms with Gasteiger partial charge in [-0.2, -0.15) is 0 Å². The number of pyridine rings is 1. The summed E-state index contributed by atoms with van der Waals surface area (Å²) in [4.78, 5) is 21.4. The number of ether oxygens (including phenoxy) is 1. The first-order valence-corrected chi connectivity index (χ1v) is 11.6. The van der Waals surface area contributed by atoms with Crippen LogP contribution in [0.4, 0.5) is 17.1 Å². The molecule has 1 fully saturated rings. The molecule has 0 saturated carbocycles. The van der Waals surface area contributed by atoms with E-state index in [-0.39, 0.29) is 11.7 Å². The average molecular weight is 488 g/mol. The van der Waals surface area contributed by atoms with Crippen molar-refractivity contribution in [3.63, 3.8) is 0 Å². The number of nitrogens with two attached hydrogens (primary N) is 1. The normalized spacial score (nSPS) is 14.7. The number of amides is 1. The minimum Gasteiger partial charge on any atom is -0.489 e. The number of nitrogens with one attached hydrogen (secondary N) is 1. The Morgan fingerprint density at radius 1 is 1.18 bits per heavy atom. The standard InChI is InChI=1S/C24H27Cl2N5O2/c1-14(2)33-21-12-19-15(11-20(21)31-9-7-30(3)8-10-31)23(16(13-28-19)24(27)32)29-18-6-4-5-17(25)22(18)26/h4-6,11-14H,7-10H2,1-3H3,(H2,27,32)(H,28,29). The van der Waals surface area contributed by atoms with Crippen LogP contribution in [-0.4, -0.2) is 55.1 Å². The van der Waals surface area contributed by atoms with Crippen molar-refractivity contribution >= 4 is 57.1 Å². The molecule has 9 heteroatoms. The number of anilines is 3. The maximum absolute atomic E-state index is 12.3. The van der Waals surface area contributed by atoms with Crippen molar-refractivity contribution in [2.45, 2.75) is 20.0 Å². The lowest BCUT2D eigenvalue weighted by molar-refractivity contribution is 0.100. The minimum atomic E-state index is -0.589. The molecular weight excluding hydrogens is 461 g/mol. The lowest BCUT2D eigenvalue weighted by Crippen LogP contribution is -2.44. The van der Waals surface area contributed by atoms with E-state index in [0.717, 1.165) is 43.0 Å². The molecule has 0 unspecified atom stereocenters. The molecule has 7 nitrogen and oxygen atoms in total. The summed E-state index contributed by atoms with van der Waals surface area (Å²) in [5.41, 5.74) is 8.69. The van der Waals surface area contributed by atoms with Gasteiger partial charge in [0.25, 0.3) is 5.91 Å². The highest BCUT2D eigenvalue weighted by molar-refractivity contribution is 6.43. The highest BCUT2D eigenvalue weighted by Gasteiger charge is 2.22. The predicted octanol–water partition coefficient (Wildman–Crippen LogP) is 4.92. The predicted molar refractivity (Wildman–Crippen MR) is 135 cm³/mol. The lowest BCUT2D eigenvalue weighted by Gasteiger charge is -2.35. The first kappa shape index (κ1) is 23.4. The Bertz CT molecular complexity index is 1190. The van der Waals surface area contributed by atoms with Gasteiger partial charge in [0, 0.05) is 43.8 Å². The Balaban J connectivity index is 1.91. The number of likely N-dealkylation sites (N-methyl/N-ethyl adjacent to an activating group) is 1.